The largest absolute Gasteiger partial charge is 0.477 e. The van der Waals surface area contributed by atoms with Crippen molar-refractivity contribution in [2.24, 2.45) is 5.41 Å². The van der Waals surface area contributed by atoms with Crippen LogP contribution in [0.1, 0.15) is 66.4 Å². The van der Waals surface area contributed by atoms with Gasteiger partial charge in [-0.1, -0.05) is 54.3 Å². The number of allylic oxidation sites excluding steroid dienone is 2. The molecule has 6 rings (SSSR count). The summed E-state index contributed by atoms with van der Waals surface area (Å²) in [6.07, 6.45) is 0.0147. The van der Waals surface area contributed by atoms with Crippen molar-refractivity contribution >= 4 is 51.3 Å². The van der Waals surface area contributed by atoms with E-state index < -0.39 is 23.4 Å². The maximum absolute atomic E-state index is 13.8. The van der Waals surface area contributed by atoms with Gasteiger partial charge >= 0.3 is 12.1 Å². The number of hydrogen-bond acceptors (Lipinski definition) is 5. The Morgan fingerprint density at radius 2 is 1.74 bits per heavy atom. The number of piperidine rings is 1. The SMILES string of the molecule is CC(C)c1onc(-c2c(Cl)cccc2Cl)c1C1=CC2(CCN(c3ccc4nc(C(=O)O)cc(C(F)(F)F)c4c3)CC2)C1. The molecular weight excluding hydrogens is 590 g/mol. The van der Waals surface area contributed by atoms with Crippen molar-refractivity contribution in [3.8, 4) is 11.3 Å². The Morgan fingerprint density at radius 3 is 2.33 bits per heavy atom. The molecule has 0 amide bonds. The van der Waals surface area contributed by atoms with Gasteiger partial charge in [-0.05, 0) is 66.6 Å². The fourth-order valence-electron chi connectivity index (χ4n) is 6.07. The smallest absolute Gasteiger partial charge is 0.417 e. The highest BCUT2D eigenvalue weighted by molar-refractivity contribution is 6.39. The minimum atomic E-state index is -4.72. The number of hydrogen-bond donors (Lipinski definition) is 1. The molecular formula is C31H26Cl2F3N3O3. The summed E-state index contributed by atoms with van der Waals surface area (Å²) in [4.78, 5) is 17.3. The van der Waals surface area contributed by atoms with E-state index in [0.29, 0.717) is 46.1 Å². The van der Waals surface area contributed by atoms with Crippen molar-refractivity contribution in [2.45, 2.75) is 45.2 Å². The van der Waals surface area contributed by atoms with Crippen LogP contribution in [0.4, 0.5) is 18.9 Å². The van der Waals surface area contributed by atoms with E-state index in [9.17, 15) is 23.1 Å². The van der Waals surface area contributed by atoms with Crippen molar-refractivity contribution in [3.05, 3.63) is 81.2 Å². The monoisotopic (exact) mass is 615 g/mol. The summed E-state index contributed by atoms with van der Waals surface area (Å²) >= 11 is 13.0. The molecule has 0 atom stereocenters. The fourth-order valence-corrected chi connectivity index (χ4v) is 6.64. The van der Waals surface area contributed by atoms with Crippen molar-refractivity contribution in [1.29, 1.82) is 0 Å². The topological polar surface area (TPSA) is 79.5 Å². The van der Waals surface area contributed by atoms with Crippen LogP contribution in [-0.4, -0.2) is 34.3 Å². The van der Waals surface area contributed by atoms with Gasteiger partial charge < -0.3 is 14.5 Å². The van der Waals surface area contributed by atoms with Crippen molar-refractivity contribution in [1.82, 2.24) is 10.1 Å². The fraction of sp³-hybridized carbons (Fsp3) is 0.323. The lowest BCUT2D eigenvalue weighted by atomic mass is 9.63. The molecule has 4 aromatic rings. The predicted octanol–water partition coefficient (Wildman–Crippen LogP) is 9.11. The number of aromatic nitrogens is 2. The molecule has 3 heterocycles. The van der Waals surface area contributed by atoms with Crippen molar-refractivity contribution in [2.75, 3.05) is 18.0 Å². The van der Waals surface area contributed by atoms with Crippen LogP contribution >= 0.6 is 23.2 Å². The molecule has 2 aromatic carbocycles. The number of aromatic carboxylic acids is 1. The Hall–Kier alpha value is -3.56. The highest BCUT2D eigenvalue weighted by atomic mass is 35.5. The first-order valence-electron chi connectivity index (χ1n) is 13.5. The minimum absolute atomic E-state index is 0.00451. The lowest BCUT2D eigenvalue weighted by Crippen LogP contribution is -2.42. The number of benzene rings is 2. The second kappa shape index (κ2) is 10.3. The first kappa shape index (κ1) is 28.6. The molecule has 11 heteroatoms. The van der Waals surface area contributed by atoms with Gasteiger partial charge in [0.15, 0.2) is 0 Å². The molecule has 1 fully saturated rings. The van der Waals surface area contributed by atoms with Gasteiger partial charge in [0.2, 0.25) is 0 Å². The molecule has 1 saturated heterocycles. The number of rotatable bonds is 5. The van der Waals surface area contributed by atoms with E-state index in [-0.39, 0.29) is 22.2 Å². The molecule has 1 aliphatic heterocycles. The van der Waals surface area contributed by atoms with E-state index in [1.165, 1.54) is 12.1 Å². The van der Waals surface area contributed by atoms with Gasteiger partial charge in [-0.25, -0.2) is 9.78 Å². The zero-order valence-corrected chi connectivity index (χ0v) is 24.2. The van der Waals surface area contributed by atoms with Crippen LogP contribution in [0.5, 0.6) is 0 Å². The second-order valence-corrected chi connectivity index (χ2v) is 12.1. The van der Waals surface area contributed by atoms with Crippen LogP contribution < -0.4 is 4.90 Å². The highest BCUT2D eigenvalue weighted by Crippen LogP contribution is 2.54. The summed E-state index contributed by atoms with van der Waals surface area (Å²) in [6.45, 7) is 5.39. The first-order valence-corrected chi connectivity index (χ1v) is 14.3. The number of pyridine rings is 1. The van der Waals surface area contributed by atoms with Gasteiger partial charge in [0.1, 0.15) is 17.1 Å². The normalized spacial score (nSPS) is 16.7. The number of nitrogens with zero attached hydrogens (tertiary/aromatic N) is 3. The lowest BCUT2D eigenvalue weighted by Gasteiger charge is -2.47. The summed E-state index contributed by atoms with van der Waals surface area (Å²) in [7, 11) is 0. The highest BCUT2D eigenvalue weighted by Gasteiger charge is 2.43. The second-order valence-electron chi connectivity index (χ2n) is 11.3. The van der Waals surface area contributed by atoms with Gasteiger partial charge in [0, 0.05) is 41.2 Å². The number of anilines is 1. The third kappa shape index (κ3) is 4.92. The van der Waals surface area contributed by atoms with Crippen LogP contribution in [0.2, 0.25) is 10.0 Å². The molecule has 0 saturated carbocycles. The number of alkyl halides is 3. The van der Waals surface area contributed by atoms with E-state index in [1.807, 2.05) is 13.8 Å². The average Bonchev–Trinajstić information content (AvgIpc) is 3.34. The molecule has 0 radical (unpaired) electrons. The standard InChI is InChI=1S/C31H26Cl2F3N3O3/c1-16(2)28-25(27(38-42-28)26-21(32)4-3-5-22(26)33)17-14-30(15-17)8-10-39(11-9-30)18-6-7-23-19(12-18)20(31(34,35)36)13-24(37-23)29(40)41/h3-7,12-14,16H,8-11,15H2,1-2H3,(H,40,41). The van der Waals surface area contributed by atoms with E-state index in [4.69, 9.17) is 27.7 Å². The summed E-state index contributed by atoms with van der Waals surface area (Å²) in [6, 6.07) is 10.5. The summed E-state index contributed by atoms with van der Waals surface area (Å²) in [5, 5.41) is 14.5. The van der Waals surface area contributed by atoms with Gasteiger partial charge in [0.25, 0.3) is 0 Å². The van der Waals surface area contributed by atoms with Crippen LogP contribution in [-0.2, 0) is 6.18 Å². The van der Waals surface area contributed by atoms with Crippen LogP contribution in [0.25, 0.3) is 27.7 Å². The van der Waals surface area contributed by atoms with Crippen molar-refractivity contribution < 1.29 is 27.6 Å². The van der Waals surface area contributed by atoms with Gasteiger partial charge in [-0.15, -0.1) is 0 Å². The summed E-state index contributed by atoms with van der Waals surface area (Å²) < 4.78 is 47.3. The Kier molecular flexibility index (Phi) is 7.01. The maximum Gasteiger partial charge on any atom is 0.417 e. The van der Waals surface area contributed by atoms with Crippen LogP contribution in [0.15, 0.2) is 53.1 Å². The number of carboxylic acid groups (broad SMARTS) is 1. The quantitative estimate of drug-likeness (QED) is 0.241. The molecule has 42 heavy (non-hydrogen) atoms. The lowest BCUT2D eigenvalue weighted by molar-refractivity contribution is -0.136. The van der Waals surface area contributed by atoms with Crippen LogP contribution in [0, 0.1) is 5.41 Å². The number of halogens is 5. The van der Waals surface area contributed by atoms with Crippen molar-refractivity contribution in [3.63, 3.8) is 0 Å². The molecule has 1 aliphatic carbocycles. The molecule has 2 aromatic heterocycles. The summed E-state index contributed by atoms with van der Waals surface area (Å²) in [5.41, 5.74) is 2.29. The molecule has 1 N–H and O–H groups in total. The van der Waals surface area contributed by atoms with Gasteiger partial charge in [-0.3, -0.25) is 0 Å². The maximum atomic E-state index is 13.8. The number of carboxylic acids is 1. The Balaban J connectivity index is 1.27. The minimum Gasteiger partial charge on any atom is -0.477 e. The average molecular weight is 616 g/mol. The predicted molar refractivity (Wildman–Crippen MR) is 156 cm³/mol. The Bertz CT molecular complexity index is 1740. The molecule has 0 unspecified atom stereocenters. The van der Waals surface area contributed by atoms with E-state index >= 15 is 0 Å². The molecule has 1 spiro atoms. The summed E-state index contributed by atoms with van der Waals surface area (Å²) in [5.74, 6) is -0.636. The molecule has 2 aliphatic rings. The van der Waals surface area contributed by atoms with Gasteiger partial charge in [-0.2, -0.15) is 13.2 Å². The van der Waals surface area contributed by atoms with Gasteiger partial charge in [0.05, 0.1) is 21.1 Å². The molecule has 6 nitrogen and oxygen atoms in total. The number of carbonyl (C=O) groups is 1. The Labute approximate surface area is 249 Å². The third-order valence-corrected chi connectivity index (χ3v) is 8.86. The van der Waals surface area contributed by atoms with E-state index in [2.05, 4.69) is 21.1 Å². The zero-order chi connectivity index (χ0) is 30.0. The zero-order valence-electron chi connectivity index (χ0n) is 22.7. The molecule has 0 bridgehead atoms. The third-order valence-electron chi connectivity index (χ3n) is 8.23. The first-order chi connectivity index (χ1) is 19.9. The number of fused-ring (bicyclic) bond motifs is 1. The van der Waals surface area contributed by atoms with Crippen LogP contribution in [0.3, 0.4) is 0 Å². The van der Waals surface area contributed by atoms with E-state index in [1.54, 1.807) is 24.3 Å². The molecule has 218 valence electrons. The Morgan fingerprint density at radius 1 is 1.07 bits per heavy atom. The van der Waals surface area contributed by atoms with E-state index in [0.717, 1.165) is 36.2 Å².